The van der Waals surface area contributed by atoms with Gasteiger partial charge >= 0.3 is 0 Å². The molecular formula is C10H5Cl3O3. The van der Waals surface area contributed by atoms with Crippen molar-refractivity contribution >= 4 is 50.5 Å². The molecule has 0 aliphatic rings. The summed E-state index contributed by atoms with van der Waals surface area (Å²) in [5.41, 5.74) is 0.328. The molecule has 0 N–H and O–H groups in total. The first-order valence-corrected chi connectivity index (χ1v) is 5.22. The van der Waals surface area contributed by atoms with Gasteiger partial charge in [0.1, 0.15) is 0 Å². The van der Waals surface area contributed by atoms with E-state index in [-0.39, 0.29) is 16.7 Å². The maximum atomic E-state index is 11.1. The Balaban J connectivity index is 3.58. The first-order valence-electron chi connectivity index (χ1n) is 4.08. The molecule has 0 amide bonds. The highest BCUT2D eigenvalue weighted by Crippen LogP contribution is 2.22. The third-order valence-corrected chi connectivity index (χ3v) is 2.58. The molecule has 1 aromatic rings. The number of aryl methyl sites for hydroxylation is 1. The van der Waals surface area contributed by atoms with Crippen molar-refractivity contribution in [2.24, 2.45) is 0 Å². The van der Waals surface area contributed by atoms with Gasteiger partial charge in [-0.3, -0.25) is 14.4 Å². The molecule has 3 nitrogen and oxygen atoms in total. The second kappa shape index (κ2) is 4.95. The van der Waals surface area contributed by atoms with Crippen LogP contribution in [-0.4, -0.2) is 15.7 Å². The summed E-state index contributed by atoms with van der Waals surface area (Å²) in [5, 5.41) is -2.42. The summed E-state index contributed by atoms with van der Waals surface area (Å²) in [6.07, 6.45) is 0. The summed E-state index contributed by atoms with van der Waals surface area (Å²) in [5.74, 6) is 0. The molecule has 1 rings (SSSR count). The van der Waals surface area contributed by atoms with Crippen LogP contribution in [0.15, 0.2) is 12.1 Å². The Bertz CT molecular complexity index is 494. The molecule has 0 aromatic heterocycles. The number of hydrogen-bond acceptors (Lipinski definition) is 3. The molecule has 16 heavy (non-hydrogen) atoms. The molecule has 0 fully saturated rings. The fourth-order valence-corrected chi connectivity index (χ4v) is 1.83. The molecule has 0 bridgehead atoms. The van der Waals surface area contributed by atoms with Crippen LogP contribution >= 0.6 is 34.8 Å². The first-order chi connectivity index (χ1) is 7.34. The molecule has 0 spiro atoms. The van der Waals surface area contributed by atoms with E-state index in [1.165, 1.54) is 13.0 Å². The van der Waals surface area contributed by atoms with Crippen molar-refractivity contribution in [1.29, 1.82) is 0 Å². The van der Waals surface area contributed by atoms with E-state index in [1.54, 1.807) is 0 Å². The molecule has 0 unspecified atom stereocenters. The Hall–Kier alpha value is -0.900. The van der Waals surface area contributed by atoms with E-state index in [9.17, 15) is 14.4 Å². The van der Waals surface area contributed by atoms with Gasteiger partial charge in [0, 0.05) is 16.7 Å². The van der Waals surface area contributed by atoms with Crippen molar-refractivity contribution in [2.45, 2.75) is 6.92 Å². The van der Waals surface area contributed by atoms with Gasteiger partial charge in [0.2, 0.25) is 0 Å². The summed E-state index contributed by atoms with van der Waals surface area (Å²) >= 11 is 15.9. The molecule has 0 saturated heterocycles. The van der Waals surface area contributed by atoms with Crippen LogP contribution in [0.4, 0.5) is 0 Å². The predicted molar refractivity (Wildman–Crippen MR) is 61.7 cm³/mol. The van der Waals surface area contributed by atoms with Gasteiger partial charge in [-0.1, -0.05) is 0 Å². The van der Waals surface area contributed by atoms with E-state index in [1.807, 2.05) is 0 Å². The predicted octanol–water partition coefficient (Wildman–Crippen LogP) is 3.13. The molecule has 84 valence electrons. The molecule has 0 aliphatic carbocycles. The number of carbonyl (C=O) groups is 3. The van der Waals surface area contributed by atoms with Gasteiger partial charge in [-0.05, 0) is 59.4 Å². The fourth-order valence-electron chi connectivity index (χ4n) is 1.32. The van der Waals surface area contributed by atoms with Crippen LogP contribution < -0.4 is 0 Å². The Morgan fingerprint density at radius 3 is 1.88 bits per heavy atom. The molecule has 0 aliphatic heterocycles. The van der Waals surface area contributed by atoms with Crippen molar-refractivity contribution in [3.63, 3.8) is 0 Å². The number of benzene rings is 1. The lowest BCUT2D eigenvalue weighted by molar-refractivity contribution is 0.104. The molecule has 0 radical (unpaired) electrons. The number of rotatable bonds is 3. The third-order valence-electron chi connectivity index (χ3n) is 1.97. The number of hydrogen-bond donors (Lipinski definition) is 0. The Kier molecular flexibility index (Phi) is 4.08. The smallest absolute Gasteiger partial charge is 0.253 e. The standard InChI is InChI=1S/C10H5Cl3O3/c1-4-2-5(8(11)14)3-6(9(12)15)7(4)10(13)16/h2-3H,1H3. The van der Waals surface area contributed by atoms with Gasteiger partial charge in [-0.2, -0.15) is 0 Å². The molecule has 0 heterocycles. The highest BCUT2D eigenvalue weighted by molar-refractivity contribution is 6.72. The SMILES string of the molecule is Cc1cc(C(=O)Cl)cc(C(=O)Cl)c1C(=O)Cl. The lowest BCUT2D eigenvalue weighted by atomic mass is 10.0. The number of carbonyl (C=O) groups excluding carboxylic acids is 3. The summed E-state index contributed by atoms with van der Waals surface area (Å²) in [6, 6.07) is 2.52. The summed E-state index contributed by atoms with van der Waals surface area (Å²) in [4.78, 5) is 33.2. The van der Waals surface area contributed by atoms with E-state index in [0.29, 0.717) is 5.56 Å². The largest absolute Gasteiger partial charge is 0.276 e. The highest BCUT2D eigenvalue weighted by Gasteiger charge is 2.19. The third kappa shape index (κ3) is 2.61. The zero-order valence-electron chi connectivity index (χ0n) is 8.01. The minimum atomic E-state index is -0.869. The Labute approximate surface area is 106 Å². The van der Waals surface area contributed by atoms with Crippen molar-refractivity contribution in [1.82, 2.24) is 0 Å². The van der Waals surface area contributed by atoms with Crippen molar-refractivity contribution in [3.05, 3.63) is 34.4 Å². The molecule has 0 saturated carbocycles. The minimum Gasteiger partial charge on any atom is -0.276 e. The van der Waals surface area contributed by atoms with E-state index in [4.69, 9.17) is 34.8 Å². The second-order valence-electron chi connectivity index (χ2n) is 3.04. The molecule has 6 heteroatoms. The number of halogens is 3. The lowest BCUT2D eigenvalue weighted by Crippen LogP contribution is -2.06. The zero-order valence-corrected chi connectivity index (χ0v) is 10.3. The Morgan fingerprint density at radius 1 is 0.938 bits per heavy atom. The van der Waals surface area contributed by atoms with Gasteiger partial charge in [-0.15, -0.1) is 0 Å². The highest BCUT2D eigenvalue weighted by atomic mass is 35.5. The van der Waals surface area contributed by atoms with E-state index in [2.05, 4.69) is 0 Å². The van der Waals surface area contributed by atoms with Gasteiger partial charge in [0.05, 0.1) is 0 Å². The Morgan fingerprint density at radius 2 is 1.50 bits per heavy atom. The van der Waals surface area contributed by atoms with E-state index >= 15 is 0 Å². The van der Waals surface area contributed by atoms with Crippen LogP contribution in [0, 0.1) is 6.92 Å². The maximum Gasteiger partial charge on any atom is 0.253 e. The normalized spacial score (nSPS) is 10.0. The maximum absolute atomic E-state index is 11.1. The second-order valence-corrected chi connectivity index (χ2v) is 4.07. The van der Waals surface area contributed by atoms with Crippen LogP contribution in [-0.2, 0) is 0 Å². The van der Waals surface area contributed by atoms with Crippen molar-refractivity contribution < 1.29 is 14.4 Å². The first kappa shape index (κ1) is 13.2. The average Bonchev–Trinajstić information content (AvgIpc) is 2.15. The average molecular weight is 280 g/mol. The van der Waals surface area contributed by atoms with Crippen LogP contribution in [0.3, 0.4) is 0 Å². The summed E-state index contributed by atoms with van der Waals surface area (Å²) in [7, 11) is 0. The zero-order chi connectivity index (χ0) is 12.5. The molecule has 0 atom stereocenters. The van der Waals surface area contributed by atoms with Crippen LogP contribution in [0.5, 0.6) is 0 Å². The van der Waals surface area contributed by atoms with Crippen molar-refractivity contribution in [2.75, 3.05) is 0 Å². The van der Waals surface area contributed by atoms with Gasteiger partial charge in [0.25, 0.3) is 15.7 Å². The van der Waals surface area contributed by atoms with Crippen LogP contribution in [0.1, 0.15) is 36.6 Å². The van der Waals surface area contributed by atoms with Crippen molar-refractivity contribution in [3.8, 4) is 0 Å². The van der Waals surface area contributed by atoms with Crippen LogP contribution in [0.25, 0.3) is 0 Å². The minimum absolute atomic E-state index is 0.0108. The monoisotopic (exact) mass is 278 g/mol. The summed E-state index contributed by atoms with van der Waals surface area (Å²) in [6.45, 7) is 1.53. The van der Waals surface area contributed by atoms with E-state index < -0.39 is 15.7 Å². The van der Waals surface area contributed by atoms with Crippen LogP contribution in [0.2, 0.25) is 0 Å². The fraction of sp³-hybridized carbons (Fsp3) is 0.100. The van der Waals surface area contributed by atoms with Gasteiger partial charge < -0.3 is 0 Å². The van der Waals surface area contributed by atoms with E-state index in [0.717, 1.165) is 6.07 Å². The van der Waals surface area contributed by atoms with Gasteiger partial charge in [-0.25, -0.2) is 0 Å². The molecular weight excluding hydrogens is 274 g/mol. The topological polar surface area (TPSA) is 51.2 Å². The van der Waals surface area contributed by atoms with Gasteiger partial charge in [0.15, 0.2) is 0 Å². The quantitative estimate of drug-likeness (QED) is 0.799. The summed E-state index contributed by atoms with van der Waals surface area (Å²) < 4.78 is 0. The molecule has 1 aromatic carbocycles. The lowest BCUT2D eigenvalue weighted by Gasteiger charge is -2.07.